The number of aromatic nitrogens is 2. The van der Waals surface area contributed by atoms with Crippen LogP contribution in [-0.4, -0.2) is 36.1 Å². The Bertz CT molecular complexity index is 786. The molecule has 0 spiro atoms. The van der Waals surface area contributed by atoms with E-state index in [1.165, 1.54) is 18.9 Å². The monoisotopic (exact) mass is 352 g/mol. The van der Waals surface area contributed by atoms with Crippen molar-refractivity contribution in [2.75, 3.05) is 30.4 Å². The molecule has 1 aromatic carbocycles. The highest BCUT2D eigenvalue weighted by atomic mass is 16.5. The van der Waals surface area contributed by atoms with Crippen molar-refractivity contribution in [3.05, 3.63) is 47.3 Å². The third kappa shape index (κ3) is 4.20. The van der Waals surface area contributed by atoms with Crippen LogP contribution in [0.4, 0.5) is 11.6 Å². The first kappa shape index (κ1) is 17.9. The standard InChI is InChI=1S/C20H24N4O2/c1-14-19(15(2)22-20(21-14)24-12-4-5-13-24)23-18(25)11-8-16-6-9-17(26-3)10-7-16/h6-11H,4-5,12-13H2,1-3H3,(H,23,25)/b11-8+. The van der Waals surface area contributed by atoms with Gasteiger partial charge in [0.05, 0.1) is 24.2 Å². The number of nitrogens with zero attached hydrogens (tertiary/aromatic N) is 3. The zero-order valence-electron chi connectivity index (χ0n) is 15.5. The van der Waals surface area contributed by atoms with Crippen molar-refractivity contribution in [2.45, 2.75) is 26.7 Å². The molecule has 0 unspecified atom stereocenters. The summed E-state index contributed by atoms with van der Waals surface area (Å²) in [7, 11) is 1.63. The molecule has 1 aliphatic heterocycles. The summed E-state index contributed by atoms with van der Waals surface area (Å²) in [6, 6.07) is 7.51. The number of aryl methyl sites for hydroxylation is 2. The molecule has 1 N–H and O–H groups in total. The Kier molecular flexibility index (Phi) is 5.51. The molecule has 6 nitrogen and oxygen atoms in total. The van der Waals surface area contributed by atoms with Crippen LogP contribution in [0.3, 0.4) is 0 Å². The van der Waals surface area contributed by atoms with Crippen LogP contribution in [0.15, 0.2) is 30.3 Å². The average Bonchev–Trinajstić information content (AvgIpc) is 3.18. The topological polar surface area (TPSA) is 67.3 Å². The van der Waals surface area contributed by atoms with Crippen LogP contribution < -0.4 is 15.0 Å². The summed E-state index contributed by atoms with van der Waals surface area (Å²) >= 11 is 0. The maximum atomic E-state index is 12.3. The van der Waals surface area contributed by atoms with Crippen LogP contribution in [0.1, 0.15) is 29.8 Å². The van der Waals surface area contributed by atoms with Gasteiger partial charge >= 0.3 is 0 Å². The number of carbonyl (C=O) groups excluding carboxylic acids is 1. The molecule has 1 amide bonds. The minimum atomic E-state index is -0.204. The van der Waals surface area contributed by atoms with E-state index in [2.05, 4.69) is 20.2 Å². The van der Waals surface area contributed by atoms with Crippen LogP contribution in [0.2, 0.25) is 0 Å². The van der Waals surface area contributed by atoms with Crippen molar-refractivity contribution >= 4 is 23.6 Å². The van der Waals surface area contributed by atoms with Crippen molar-refractivity contribution in [3.63, 3.8) is 0 Å². The van der Waals surface area contributed by atoms with Crippen molar-refractivity contribution in [3.8, 4) is 5.75 Å². The van der Waals surface area contributed by atoms with Crippen LogP contribution in [0.25, 0.3) is 6.08 Å². The quantitative estimate of drug-likeness (QED) is 0.836. The van der Waals surface area contributed by atoms with Gasteiger partial charge in [0, 0.05) is 19.2 Å². The number of rotatable bonds is 5. The normalized spacial score (nSPS) is 14.0. The minimum absolute atomic E-state index is 0.204. The zero-order chi connectivity index (χ0) is 18.5. The fourth-order valence-electron chi connectivity index (χ4n) is 2.99. The number of methoxy groups -OCH3 is 1. The van der Waals surface area contributed by atoms with E-state index < -0.39 is 0 Å². The largest absolute Gasteiger partial charge is 0.497 e. The number of amides is 1. The Balaban J connectivity index is 1.69. The summed E-state index contributed by atoms with van der Waals surface area (Å²) in [5, 5.41) is 2.90. The van der Waals surface area contributed by atoms with Crippen LogP contribution in [0.5, 0.6) is 5.75 Å². The third-order valence-corrected chi connectivity index (χ3v) is 4.44. The zero-order valence-corrected chi connectivity index (χ0v) is 15.5. The van der Waals surface area contributed by atoms with Gasteiger partial charge in [0.15, 0.2) is 0 Å². The van der Waals surface area contributed by atoms with E-state index in [9.17, 15) is 4.79 Å². The molecule has 1 fully saturated rings. The lowest BCUT2D eigenvalue weighted by atomic mass is 10.2. The Labute approximate surface area is 153 Å². The number of anilines is 2. The lowest BCUT2D eigenvalue weighted by Gasteiger charge is -2.18. The lowest BCUT2D eigenvalue weighted by molar-refractivity contribution is -0.111. The molecule has 0 atom stereocenters. The average molecular weight is 352 g/mol. The first-order chi connectivity index (χ1) is 12.6. The van der Waals surface area contributed by atoms with Gasteiger partial charge in [-0.3, -0.25) is 4.79 Å². The second-order valence-electron chi connectivity index (χ2n) is 6.36. The Hall–Kier alpha value is -2.89. The second-order valence-corrected chi connectivity index (χ2v) is 6.36. The fourth-order valence-corrected chi connectivity index (χ4v) is 2.99. The highest BCUT2D eigenvalue weighted by molar-refractivity contribution is 6.02. The van der Waals surface area contributed by atoms with Crippen LogP contribution in [-0.2, 0) is 4.79 Å². The van der Waals surface area contributed by atoms with Crippen molar-refractivity contribution in [2.24, 2.45) is 0 Å². The Morgan fingerprint density at radius 1 is 1.12 bits per heavy atom. The van der Waals surface area contributed by atoms with Crippen LogP contribution >= 0.6 is 0 Å². The first-order valence-electron chi connectivity index (χ1n) is 8.80. The van der Waals surface area contributed by atoms with Gasteiger partial charge in [-0.25, -0.2) is 9.97 Å². The van der Waals surface area contributed by atoms with Crippen molar-refractivity contribution in [1.29, 1.82) is 0 Å². The van der Waals surface area contributed by atoms with Gasteiger partial charge in [0.2, 0.25) is 11.9 Å². The molecule has 1 aromatic heterocycles. The van der Waals surface area contributed by atoms with E-state index in [1.54, 1.807) is 13.2 Å². The van der Waals surface area contributed by atoms with Gasteiger partial charge in [-0.2, -0.15) is 0 Å². The molecule has 2 heterocycles. The molecule has 0 bridgehead atoms. The summed E-state index contributed by atoms with van der Waals surface area (Å²) < 4.78 is 5.13. The fraction of sp³-hybridized carbons (Fsp3) is 0.350. The molecule has 3 rings (SSSR count). The van der Waals surface area contributed by atoms with Gasteiger partial charge < -0.3 is 15.0 Å². The predicted octanol–water partition coefficient (Wildman–Crippen LogP) is 3.35. The number of hydrogen-bond acceptors (Lipinski definition) is 5. The van der Waals surface area contributed by atoms with E-state index in [0.29, 0.717) is 5.69 Å². The summed E-state index contributed by atoms with van der Waals surface area (Å²) in [5.41, 5.74) is 3.17. The molecular formula is C20H24N4O2. The second kappa shape index (κ2) is 7.99. The number of nitrogens with one attached hydrogen (secondary N) is 1. The molecule has 0 radical (unpaired) electrons. The van der Waals surface area contributed by atoms with E-state index in [4.69, 9.17) is 4.74 Å². The van der Waals surface area contributed by atoms with E-state index >= 15 is 0 Å². The predicted molar refractivity (Wildman–Crippen MR) is 104 cm³/mol. The smallest absolute Gasteiger partial charge is 0.248 e. The van der Waals surface area contributed by atoms with Gasteiger partial charge in [-0.05, 0) is 50.5 Å². The highest BCUT2D eigenvalue weighted by Crippen LogP contribution is 2.23. The molecule has 0 saturated carbocycles. The molecule has 136 valence electrons. The molecule has 2 aromatic rings. The maximum Gasteiger partial charge on any atom is 0.248 e. The van der Waals surface area contributed by atoms with E-state index in [-0.39, 0.29) is 5.91 Å². The number of ether oxygens (including phenoxy) is 1. The third-order valence-electron chi connectivity index (χ3n) is 4.44. The SMILES string of the molecule is COc1ccc(/C=C/C(=O)Nc2c(C)nc(N3CCCC3)nc2C)cc1. The minimum Gasteiger partial charge on any atom is -0.497 e. The first-order valence-corrected chi connectivity index (χ1v) is 8.80. The van der Waals surface area contributed by atoms with Crippen LogP contribution in [0, 0.1) is 13.8 Å². The maximum absolute atomic E-state index is 12.3. The molecule has 6 heteroatoms. The van der Waals surface area contributed by atoms with Crippen molar-refractivity contribution < 1.29 is 9.53 Å². The van der Waals surface area contributed by atoms with Gasteiger partial charge in [0.1, 0.15) is 5.75 Å². The summed E-state index contributed by atoms with van der Waals surface area (Å²) in [6.07, 6.45) is 5.63. The molecule has 26 heavy (non-hydrogen) atoms. The number of carbonyl (C=O) groups is 1. The molecular weight excluding hydrogens is 328 g/mol. The van der Waals surface area contributed by atoms with E-state index in [0.717, 1.165) is 41.7 Å². The Morgan fingerprint density at radius 2 is 1.73 bits per heavy atom. The summed E-state index contributed by atoms with van der Waals surface area (Å²) in [6.45, 7) is 5.79. The lowest BCUT2D eigenvalue weighted by Crippen LogP contribution is -2.22. The number of benzene rings is 1. The highest BCUT2D eigenvalue weighted by Gasteiger charge is 2.18. The molecule has 1 saturated heterocycles. The van der Waals surface area contributed by atoms with Gasteiger partial charge in [-0.1, -0.05) is 12.1 Å². The Morgan fingerprint density at radius 3 is 2.31 bits per heavy atom. The van der Waals surface area contributed by atoms with E-state index in [1.807, 2.05) is 38.1 Å². The summed E-state index contributed by atoms with van der Waals surface area (Å²) in [5.74, 6) is 1.34. The van der Waals surface area contributed by atoms with Gasteiger partial charge in [0.25, 0.3) is 0 Å². The number of hydrogen-bond donors (Lipinski definition) is 1. The van der Waals surface area contributed by atoms with Crippen molar-refractivity contribution in [1.82, 2.24) is 9.97 Å². The summed E-state index contributed by atoms with van der Waals surface area (Å²) in [4.78, 5) is 23.6. The molecule has 0 aliphatic carbocycles. The van der Waals surface area contributed by atoms with Gasteiger partial charge in [-0.15, -0.1) is 0 Å². The molecule has 1 aliphatic rings.